The summed E-state index contributed by atoms with van der Waals surface area (Å²) in [5.41, 5.74) is 2.71. The van der Waals surface area contributed by atoms with Crippen molar-refractivity contribution < 1.29 is 28.6 Å². The van der Waals surface area contributed by atoms with Gasteiger partial charge >= 0.3 is 5.97 Å². The Hall–Kier alpha value is -3.35. The fourth-order valence-electron chi connectivity index (χ4n) is 2.99. The van der Waals surface area contributed by atoms with Crippen LogP contribution in [0.3, 0.4) is 0 Å². The summed E-state index contributed by atoms with van der Waals surface area (Å²) in [4.78, 5) is 38.7. The molecule has 0 bridgehead atoms. The topological polar surface area (TPSA) is 94.7 Å². The molecule has 0 amide bonds. The van der Waals surface area contributed by atoms with E-state index in [-0.39, 0.29) is 18.3 Å². The number of fused-ring (bicyclic) bond motifs is 1. The first-order valence-corrected chi connectivity index (χ1v) is 8.34. The third-order valence-electron chi connectivity index (χ3n) is 4.22. The average molecular weight is 369 g/mol. The first kappa shape index (κ1) is 18.4. The molecule has 0 fully saturated rings. The van der Waals surface area contributed by atoms with E-state index in [1.165, 1.54) is 13.0 Å². The molecule has 0 unspecified atom stereocenters. The van der Waals surface area contributed by atoms with Crippen molar-refractivity contribution in [3.8, 4) is 11.5 Å². The van der Waals surface area contributed by atoms with E-state index < -0.39 is 18.4 Å². The van der Waals surface area contributed by atoms with Crippen molar-refractivity contribution in [3.63, 3.8) is 0 Å². The Kier molecular flexibility index (Phi) is 5.12. The van der Waals surface area contributed by atoms with Gasteiger partial charge < -0.3 is 19.2 Å². The van der Waals surface area contributed by atoms with Crippen LogP contribution in [0.2, 0.25) is 0 Å². The summed E-state index contributed by atoms with van der Waals surface area (Å²) < 4.78 is 15.5. The van der Waals surface area contributed by atoms with Crippen LogP contribution in [0.25, 0.3) is 6.08 Å². The number of hydrogen-bond acceptors (Lipinski definition) is 6. The van der Waals surface area contributed by atoms with Crippen LogP contribution in [0.4, 0.5) is 0 Å². The Bertz CT molecular complexity index is 954. The number of benzene rings is 1. The van der Waals surface area contributed by atoms with Crippen molar-refractivity contribution >= 4 is 23.6 Å². The maximum atomic E-state index is 12.3. The highest BCUT2D eigenvalue weighted by atomic mass is 16.7. The van der Waals surface area contributed by atoms with Gasteiger partial charge in [-0.3, -0.25) is 9.59 Å². The molecule has 2 heterocycles. The van der Waals surface area contributed by atoms with Gasteiger partial charge in [-0.1, -0.05) is 6.07 Å². The molecule has 0 atom stereocenters. The molecule has 0 spiro atoms. The van der Waals surface area contributed by atoms with Gasteiger partial charge in [0.1, 0.15) is 0 Å². The maximum absolute atomic E-state index is 12.3. The van der Waals surface area contributed by atoms with Crippen LogP contribution in [0.1, 0.15) is 44.6 Å². The van der Waals surface area contributed by atoms with E-state index in [0.717, 1.165) is 5.56 Å². The summed E-state index contributed by atoms with van der Waals surface area (Å²) in [6, 6.07) is 5.27. The number of carbonyl (C=O) groups is 3. The highest BCUT2D eigenvalue weighted by Crippen LogP contribution is 2.32. The predicted octanol–water partition coefficient (Wildman–Crippen LogP) is 3.00. The third kappa shape index (κ3) is 3.92. The normalized spacial score (nSPS) is 12.4. The summed E-state index contributed by atoms with van der Waals surface area (Å²) in [5, 5.41) is 0. The molecule has 2 aromatic rings. The lowest BCUT2D eigenvalue weighted by Gasteiger charge is -2.02. The molecule has 27 heavy (non-hydrogen) atoms. The van der Waals surface area contributed by atoms with Crippen molar-refractivity contribution in [2.24, 2.45) is 0 Å². The Morgan fingerprint density at radius 2 is 1.93 bits per heavy atom. The Labute approximate surface area is 155 Å². The molecule has 1 aliphatic heterocycles. The minimum absolute atomic E-state index is 0.121. The number of rotatable bonds is 6. The van der Waals surface area contributed by atoms with Gasteiger partial charge in [0.15, 0.2) is 23.9 Å². The Morgan fingerprint density at radius 1 is 1.19 bits per heavy atom. The van der Waals surface area contributed by atoms with E-state index >= 15 is 0 Å². The molecule has 0 saturated heterocycles. The third-order valence-corrected chi connectivity index (χ3v) is 4.22. The minimum atomic E-state index is -0.645. The van der Waals surface area contributed by atoms with Gasteiger partial charge in [0.2, 0.25) is 12.6 Å². The molecule has 0 saturated carbocycles. The molecule has 7 heteroatoms. The van der Waals surface area contributed by atoms with Gasteiger partial charge in [-0.2, -0.15) is 0 Å². The minimum Gasteiger partial charge on any atom is -0.454 e. The lowest BCUT2D eigenvalue weighted by molar-refractivity contribution is -0.136. The fraction of sp³-hybridized carbons (Fsp3) is 0.250. The van der Waals surface area contributed by atoms with Crippen LogP contribution in [-0.2, 0) is 9.53 Å². The Balaban J connectivity index is 1.60. The average Bonchev–Trinajstić information content (AvgIpc) is 3.21. The van der Waals surface area contributed by atoms with Crippen LogP contribution in [-0.4, -0.2) is 35.9 Å². The van der Waals surface area contributed by atoms with Crippen molar-refractivity contribution in [1.29, 1.82) is 0 Å². The summed E-state index contributed by atoms with van der Waals surface area (Å²) in [6.07, 6.45) is 2.80. The second-order valence-corrected chi connectivity index (χ2v) is 6.16. The quantitative estimate of drug-likeness (QED) is 0.478. The highest BCUT2D eigenvalue weighted by Gasteiger charge is 2.20. The van der Waals surface area contributed by atoms with Crippen LogP contribution < -0.4 is 9.47 Å². The largest absolute Gasteiger partial charge is 0.454 e. The number of aromatic amines is 1. The fourth-order valence-corrected chi connectivity index (χ4v) is 2.99. The molecule has 1 aliphatic rings. The number of Topliss-reactive ketones (excluding diaryl/α,β-unsaturated/α-hetero) is 2. The van der Waals surface area contributed by atoms with Gasteiger partial charge in [-0.15, -0.1) is 0 Å². The standard InChI is InChI=1S/C20H19NO6/c1-11-19(13(3)22)12(2)21-20(11)15(23)9-25-18(24)7-5-14-4-6-16-17(8-14)27-10-26-16/h4-8,21H,9-10H2,1-3H3/b7-5+. The zero-order chi connectivity index (χ0) is 19.6. The number of hydrogen-bond donors (Lipinski definition) is 1. The molecule has 3 rings (SSSR count). The summed E-state index contributed by atoms with van der Waals surface area (Å²) in [7, 11) is 0. The number of ether oxygens (including phenoxy) is 3. The van der Waals surface area contributed by atoms with Gasteiger partial charge in [-0.05, 0) is 50.1 Å². The zero-order valence-corrected chi connectivity index (χ0v) is 15.3. The molecule has 7 nitrogen and oxygen atoms in total. The lowest BCUT2D eigenvalue weighted by atomic mass is 10.1. The summed E-state index contributed by atoms with van der Waals surface area (Å²) >= 11 is 0. The SMILES string of the molecule is CC(=O)c1c(C)[nH]c(C(=O)COC(=O)/C=C/c2ccc3c(c2)OCO3)c1C. The molecular formula is C20H19NO6. The van der Waals surface area contributed by atoms with Crippen molar-refractivity contribution in [2.75, 3.05) is 13.4 Å². The zero-order valence-electron chi connectivity index (χ0n) is 15.3. The van der Waals surface area contributed by atoms with Crippen molar-refractivity contribution in [2.45, 2.75) is 20.8 Å². The number of aryl methyl sites for hydroxylation is 1. The predicted molar refractivity (Wildman–Crippen MR) is 97.2 cm³/mol. The molecule has 1 aromatic heterocycles. The molecule has 140 valence electrons. The molecule has 0 radical (unpaired) electrons. The summed E-state index contributed by atoms with van der Waals surface area (Å²) in [5.74, 6) is 0.104. The first-order valence-electron chi connectivity index (χ1n) is 8.34. The molecular weight excluding hydrogens is 350 g/mol. The number of ketones is 2. The number of H-pyrrole nitrogens is 1. The second-order valence-electron chi connectivity index (χ2n) is 6.16. The monoisotopic (exact) mass is 369 g/mol. The lowest BCUT2D eigenvalue weighted by Crippen LogP contribution is -2.14. The molecule has 1 N–H and O–H groups in total. The number of nitrogens with one attached hydrogen (secondary N) is 1. The molecule has 1 aromatic carbocycles. The van der Waals surface area contributed by atoms with Crippen molar-refractivity contribution in [1.82, 2.24) is 4.98 Å². The number of esters is 1. The van der Waals surface area contributed by atoms with Gasteiger partial charge in [0.25, 0.3) is 0 Å². The summed E-state index contributed by atoms with van der Waals surface area (Å²) in [6.45, 7) is 4.62. The van der Waals surface area contributed by atoms with Crippen LogP contribution >= 0.6 is 0 Å². The van der Waals surface area contributed by atoms with E-state index in [4.69, 9.17) is 14.2 Å². The van der Waals surface area contributed by atoms with E-state index in [1.54, 1.807) is 38.1 Å². The van der Waals surface area contributed by atoms with Gasteiger partial charge in [-0.25, -0.2) is 4.79 Å². The van der Waals surface area contributed by atoms with Gasteiger partial charge in [0, 0.05) is 17.3 Å². The van der Waals surface area contributed by atoms with E-state index in [0.29, 0.717) is 28.3 Å². The van der Waals surface area contributed by atoms with Crippen LogP contribution in [0.5, 0.6) is 11.5 Å². The van der Waals surface area contributed by atoms with Crippen molar-refractivity contribution in [3.05, 3.63) is 52.4 Å². The second kappa shape index (κ2) is 7.49. The van der Waals surface area contributed by atoms with Gasteiger partial charge in [0.05, 0.1) is 5.69 Å². The Morgan fingerprint density at radius 3 is 2.63 bits per heavy atom. The van der Waals surface area contributed by atoms with E-state index in [9.17, 15) is 14.4 Å². The molecule has 0 aliphatic carbocycles. The van der Waals surface area contributed by atoms with E-state index in [2.05, 4.69) is 4.98 Å². The first-order chi connectivity index (χ1) is 12.9. The highest BCUT2D eigenvalue weighted by molar-refractivity contribution is 6.04. The number of carbonyl (C=O) groups excluding carboxylic acids is 3. The smallest absolute Gasteiger partial charge is 0.331 e. The van der Waals surface area contributed by atoms with E-state index in [1.807, 2.05) is 0 Å². The number of aromatic nitrogens is 1. The van der Waals surface area contributed by atoms with Crippen LogP contribution in [0.15, 0.2) is 24.3 Å². The van der Waals surface area contributed by atoms with Crippen LogP contribution in [0, 0.1) is 13.8 Å². The maximum Gasteiger partial charge on any atom is 0.331 e.